The summed E-state index contributed by atoms with van der Waals surface area (Å²) >= 11 is 0. The molecule has 0 aliphatic carbocycles. The van der Waals surface area contributed by atoms with Gasteiger partial charge in [-0.15, -0.1) is 0 Å². The van der Waals surface area contributed by atoms with Gasteiger partial charge >= 0.3 is 0 Å². The van der Waals surface area contributed by atoms with Crippen LogP contribution in [0.2, 0.25) is 0 Å². The number of amides is 1. The zero-order valence-electron chi connectivity index (χ0n) is 8.00. The molecule has 1 aliphatic heterocycles. The van der Waals surface area contributed by atoms with Crippen molar-refractivity contribution in [2.45, 2.75) is 26.3 Å². The Labute approximate surface area is 76.4 Å². The second-order valence-corrected chi connectivity index (χ2v) is 3.99. The van der Waals surface area contributed by atoms with Gasteiger partial charge in [0.25, 0.3) is 0 Å². The number of Topliss-reactive ketones (excluding diaryl/α,β-unsaturated/α-hetero) is 1. The Kier molecular flexibility index (Phi) is 1.98. The van der Waals surface area contributed by atoms with Crippen LogP contribution in [0.4, 0.5) is 0 Å². The summed E-state index contributed by atoms with van der Waals surface area (Å²) in [7, 11) is 0. The van der Waals surface area contributed by atoms with Crippen molar-refractivity contribution < 1.29 is 9.59 Å². The van der Waals surface area contributed by atoms with Crippen LogP contribution in [0.15, 0.2) is 10.2 Å². The predicted molar refractivity (Wildman–Crippen MR) is 46.1 cm³/mol. The summed E-state index contributed by atoms with van der Waals surface area (Å²) in [6.45, 7) is 5.03. The fourth-order valence-electron chi connectivity index (χ4n) is 1.19. The Morgan fingerprint density at radius 1 is 1.46 bits per heavy atom. The van der Waals surface area contributed by atoms with E-state index in [4.69, 9.17) is 5.73 Å². The van der Waals surface area contributed by atoms with Gasteiger partial charge in [-0.2, -0.15) is 10.2 Å². The average molecular weight is 183 g/mol. The summed E-state index contributed by atoms with van der Waals surface area (Å²) in [6, 6.07) is 0. The van der Waals surface area contributed by atoms with Crippen LogP contribution in [0, 0.1) is 5.41 Å². The highest BCUT2D eigenvalue weighted by Gasteiger charge is 2.48. The topological polar surface area (TPSA) is 84.9 Å². The molecule has 0 radical (unpaired) electrons. The SMILES string of the molecule is CC1(C(=O)C(C)(C)C(N)=O)CN=N1. The Bertz CT molecular complexity index is 296. The van der Waals surface area contributed by atoms with Gasteiger partial charge in [-0.1, -0.05) is 0 Å². The zero-order valence-corrected chi connectivity index (χ0v) is 8.00. The van der Waals surface area contributed by atoms with Crippen LogP contribution in [-0.2, 0) is 9.59 Å². The molecular formula is C8H13N3O2. The molecule has 0 aromatic heterocycles. The third-order valence-corrected chi connectivity index (χ3v) is 2.34. The summed E-state index contributed by atoms with van der Waals surface area (Å²) < 4.78 is 0. The van der Waals surface area contributed by atoms with Crippen LogP contribution in [-0.4, -0.2) is 23.8 Å². The van der Waals surface area contributed by atoms with E-state index in [1.807, 2.05) is 0 Å². The van der Waals surface area contributed by atoms with E-state index in [-0.39, 0.29) is 5.78 Å². The van der Waals surface area contributed by atoms with E-state index >= 15 is 0 Å². The normalized spacial score (nSPS) is 26.7. The van der Waals surface area contributed by atoms with E-state index in [2.05, 4.69) is 10.2 Å². The molecule has 1 unspecified atom stereocenters. The Morgan fingerprint density at radius 2 is 1.92 bits per heavy atom. The molecule has 1 atom stereocenters. The fourth-order valence-corrected chi connectivity index (χ4v) is 1.19. The fraction of sp³-hybridized carbons (Fsp3) is 0.750. The van der Waals surface area contributed by atoms with Crippen molar-refractivity contribution in [3.63, 3.8) is 0 Å². The largest absolute Gasteiger partial charge is 0.369 e. The van der Waals surface area contributed by atoms with Crippen molar-refractivity contribution in [3.8, 4) is 0 Å². The highest BCUT2D eigenvalue weighted by atomic mass is 16.2. The number of nitrogens with zero attached hydrogens (tertiary/aromatic N) is 2. The van der Waals surface area contributed by atoms with Crippen LogP contribution >= 0.6 is 0 Å². The number of carbonyl (C=O) groups excluding carboxylic acids is 2. The van der Waals surface area contributed by atoms with Gasteiger partial charge in [0.2, 0.25) is 5.91 Å². The number of rotatable bonds is 3. The van der Waals surface area contributed by atoms with Crippen LogP contribution in [0.3, 0.4) is 0 Å². The molecule has 72 valence electrons. The van der Waals surface area contributed by atoms with Gasteiger partial charge < -0.3 is 5.73 Å². The van der Waals surface area contributed by atoms with Crippen molar-refractivity contribution in [2.24, 2.45) is 21.4 Å². The average Bonchev–Trinajstić information content (AvgIpc) is 1.98. The van der Waals surface area contributed by atoms with Gasteiger partial charge in [0.15, 0.2) is 11.3 Å². The number of nitrogens with two attached hydrogens (primary N) is 1. The van der Waals surface area contributed by atoms with Crippen molar-refractivity contribution in [1.82, 2.24) is 0 Å². The van der Waals surface area contributed by atoms with E-state index in [1.54, 1.807) is 6.92 Å². The van der Waals surface area contributed by atoms with Gasteiger partial charge in [-0.25, -0.2) is 0 Å². The Hall–Kier alpha value is -1.26. The van der Waals surface area contributed by atoms with Gasteiger partial charge in [0, 0.05) is 0 Å². The molecule has 0 aromatic rings. The molecule has 0 saturated carbocycles. The molecule has 0 fully saturated rings. The maximum atomic E-state index is 11.8. The molecule has 1 aliphatic rings. The first-order valence-electron chi connectivity index (χ1n) is 4.04. The van der Waals surface area contributed by atoms with Gasteiger partial charge in [-0.05, 0) is 20.8 Å². The van der Waals surface area contributed by atoms with Crippen LogP contribution in [0.1, 0.15) is 20.8 Å². The van der Waals surface area contributed by atoms with Crippen molar-refractivity contribution in [1.29, 1.82) is 0 Å². The number of ketones is 1. The second kappa shape index (κ2) is 2.61. The predicted octanol–water partition coefficient (Wildman–Crippen LogP) is 0.291. The maximum Gasteiger partial charge on any atom is 0.230 e. The molecule has 13 heavy (non-hydrogen) atoms. The number of hydrogen-bond donors (Lipinski definition) is 1. The summed E-state index contributed by atoms with van der Waals surface area (Å²) in [5.41, 5.74) is 3.12. The molecule has 0 aromatic carbocycles. The third kappa shape index (κ3) is 1.34. The van der Waals surface area contributed by atoms with E-state index < -0.39 is 16.9 Å². The van der Waals surface area contributed by atoms with Crippen molar-refractivity contribution in [3.05, 3.63) is 0 Å². The zero-order chi connectivity index (χ0) is 10.3. The molecule has 2 N–H and O–H groups in total. The van der Waals surface area contributed by atoms with Gasteiger partial charge in [-0.3, -0.25) is 9.59 Å². The molecule has 1 amide bonds. The minimum absolute atomic E-state index is 0.262. The molecule has 1 heterocycles. The molecule has 0 spiro atoms. The van der Waals surface area contributed by atoms with Crippen LogP contribution < -0.4 is 5.73 Å². The molecular weight excluding hydrogens is 170 g/mol. The van der Waals surface area contributed by atoms with Gasteiger partial charge in [0.05, 0.1) is 6.54 Å². The highest BCUT2D eigenvalue weighted by Crippen LogP contribution is 2.31. The lowest BCUT2D eigenvalue weighted by atomic mass is 9.76. The summed E-state index contributed by atoms with van der Waals surface area (Å²) in [5.74, 6) is -0.886. The minimum atomic E-state index is -1.16. The summed E-state index contributed by atoms with van der Waals surface area (Å²) in [5, 5.41) is 7.33. The molecule has 0 saturated heterocycles. The van der Waals surface area contributed by atoms with E-state index in [0.717, 1.165) is 0 Å². The minimum Gasteiger partial charge on any atom is -0.369 e. The first-order valence-corrected chi connectivity index (χ1v) is 4.04. The van der Waals surface area contributed by atoms with Crippen molar-refractivity contribution >= 4 is 11.7 Å². The molecule has 0 bridgehead atoms. The standard InChI is InChI=1S/C8H13N3O2/c1-7(2,6(9)13)5(12)8(3)4-10-11-8/h4H2,1-3H3,(H2,9,13). The van der Waals surface area contributed by atoms with Gasteiger partial charge in [0.1, 0.15) is 5.41 Å². The smallest absolute Gasteiger partial charge is 0.230 e. The van der Waals surface area contributed by atoms with E-state index in [0.29, 0.717) is 6.54 Å². The second-order valence-electron chi connectivity index (χ2n) is 3.99. The lowest BCUT2D eigenvalue weighted by Crippen LogP contribution is -2.53. The third-order valence-electron chi connectivity index (χ3n) is 2.34. The number of carbonyl (C=O) groups is 2. The van der Waals surface area contributed by atoms with Crippen LogP contribution in [0.25, 0.3) is 0 Å². The lowest BCUT2D eigenvalue weighted by Gasteiger charge is -2.32. The Balaban J connectivity index is 2.90. The summed E-state index contributed by atoms with van der Waals surface area (Å²) in [6.07, 6.45) is 0. The molecule has 1 rings (SSSR count). The van der Waals surface area contributed by atoms with E-state index in [9.17, 15) is 9.59 Å². The number of hydrogen-bond acceptors (Lipinski definition) is 4. The van der Waals surface area contributed by atoms with Crippen molar-refractivity contribution in [2.75, 3.05) is 6.54 Å². The quantitative estimate of drug-likeness (QED) is 0.638. The lowest BCUT2D eigenvalue weighted by molar-refractivity contribution is -0.141. The maximum absolute atomic E-state index is 11.8. The molecule has 5 heteroatoms. The summed E-state index contributed by atoms with van der Waals surface area (Å²) in [4.78, 5) is 22.7. The number of primary amides is 1. The Morgan fingerprint density at radius 3 is 2.15 bits per heavy atom. The van der Waals surface area contributed by atoms with E-state index in [1.165, 1.54) is 13.8 Å². The number of azo groups is 1. The first-order chi connectivity index (χ1) is 5.81. The highest BCUT2D eigenvalue weighted by molar-refractivity contribution is 6.09. The monoisotopic (exact) mass is 183 g/mol. The molecule has 5 nitrogen and oxygen atoms in total. The van der Waals surface area contributed by atoms with Crippen LogP contribution in [0.5, 0.6) is 0 Å². The first kappa shape index (κ1) is 9.83.